The zero-order chi connectivity index (χ0) is 19.9. The van der Waals surface area contributed by atoms with Gasteiger partial charge in [-0.3, -0.25) is 9.78 Å². The number of amides is 1. The molecular weight excluding hydrogens is 378 g/mol. The topological polar surface area (TPSA) is 99.3 Å². The number of carbonyl (C=O) groups is 1. The molecule has 28 heavy (non-hydrogen) atoms. The van der Waals surface area contributed by atoms with E-state index in [1.54, 1.807) is 48.5 Å². The van der Waals surface area contributed by atoms with Crippen molar-refractivity contribution in [3.63, 3.8) is 0 Å². The van der Waals surface area contributed by atoms with Crippen LogP contribution in [0.25, 0.3) is 0 Å². The van der Waals surface area contributed by atoms with Gasteiger partial charge in [0.15, 0.2) is 0 Å². The van der Waals surface area contributed by atoms with Crippen LogP contribution in [0.5, 0.6) is 5.75 Å². The molecule has 7 nitrogen and oxygen atoms in total. The Hall–Kier alpha value is -3.58. The molecule has 0 bridgehead atoms. The molecule has 0 aliphatic heterocycles. The Morgan fingerprint density at radius 3 is 2.71 bits per heavy atom. The van der Waals surface area contributed by atoms with Gasteiger partial charge in [0.05, 0.1) is 22.5 Å². The number of aromatic hydroxyl groups is 1. The summed E-state index contributed by atoms with van der Waals surface area (Å²) in [5.74, 6) is -0.413. The van der Waals surface area contributed by atoms with Crippen LogP contribution in [-0.4, -0.2) is 22.2 Å². The summed E-state index contributed by atoms with van der Waals surface area (Å²) in [7, 11) is 0. The highest BCUT2D eigenvalue weighted by molar-refractivity contribution is 6.32. The Kier molecular flexibility index (Phi) is 6.08. The van der Waals surface area contributed by atoms with E-state index >= 15 is 0 Å². The molecule has 8 heteroatoms. The van der Waals surface area contributed by atoms with E-state index in [0.29, 0.717) is 27.5 Å². The van der Waals surface area contributed by atoms with E-state index in [-0.39, 0.29) is 5.75 Å². The zero-order valence-corrected chi connectivity index (χ0v) is 15.6. The number of pyridine rings is 1. The van der Waals surface area contributed by atoms with Crippen LogP contribution in [0.1, 0.15) is 21.6 Å². The van der Waals surface area contributed by atoms with Crippen molar-refractivity contribution in [2.75, 3.05) is 0 Å². The Balaban J connectivity index is 1.71. The fourth-order valence-electron chi connectivity index (χ4n) is 2.18. The number of phenolic OH excluding ortho intramolecular Hbond substituents is 1. The Morgan fingerprint density at radius 1 is 1.14 bits per heavy atom. The van der Waals surface area contributed by atoms with Crippen LogP contribution in [0.15, 0.2) is 76.1 Å². The van der Waals surface area contributed by atoms with Gasteiger partial charge in [-0.2, -0.15) is 10.2 Å². The number of aryl methyl sites for hydroxylation is 1. The molecule has 0 fully saturated rings. The average molecular weight is 394 g/mol. The molecule has 140 valence electrons. The quantitative estimate of drug-likeness (QED) is 0.365. The number of hydrogen-bond acceptors (Lipinski definition) is 6. The highest BCUT2D eigenvalue weighted by Gasteiger charge is 2.05. The second-order valence-corrected chi connectivity index (χ2v) is 6.19. The van der Waals surface area contributed by atoms with Crippen molar-refractivity contribution >= 4 is 35.1 Å². The van der Waals surface area contributed by atoms with Gasteiger partial charge in [-0.1, -0.05) is 23.7 Å². The lowest BCUT2D eigenvalue weighted by molar-refractivity contribution is 0.0954. The molecule has 0 aliphatic rings. The van der Waals surface area contributed by atoms with Crippen molar-refractivity contribution in [1.82, 2.24) is 10.4 Å². The third-order valence-corrected chi connectivity index (χ3v) is 4.00. The lowest BCUT2D eigenvalue weighted by Gasteiger charge is -2.02. The first kappa shape index (κ1) is 19.2. The summed E-state index contributed by atoms with van der Waals surface area (Å²) < 4.78 is 0. The maximum Gasteiger partial charge on any atom is 0.272 e. The second-order valence-electron chi connectivity index (χ2n) is 5.78. The standard InChI is InChI=1S/C20H16ClN5O2/c1-13-6-7-14(11-22-13)20(28)26-23-12-15-10-16(8-9-19(15)27)24-25-18-5-3-2-4-17(18)21/h2-12,27H,1H3,(H,26,28)/b23-12+,25-24?. The molecule has 2 N–H and O–H groups in total. The normalized spacial score (nSPS) is 11.2. The molecule has 0 saturated heterocycles. The summed E-state index contributed by atoms with van der Waals surface area (Å²) in [5.41, 5.74) is 4.98. The average Bonchev–Trinajstić information content (AvgIpc) is 2.70. The van der Waals surface area contributed by atoms with Gasteiger partial charge in [0, 0.05) is 17.5 Å². The van der Waals surface area contributed by atoms with Crippen molar-refractivity contribution in [1.29, 1.82) is 0 Å². The molecule has 1 heterocycles. The number of aromatic nitrogens is 1. The number of halogens is 1. The van der Waals surface area contributed by atoms with E-state index in [1.165, 1.54) is 18.5 Å². The molecule has 0 unspecified atom stereocenters. The number of hydrogen-bond donors (Lipinski definition) is 2. The lowest BCUT2D eigenvalue weighted by Crippen LogP contribution is -2.17. The maximum atomic E-state index is 12.0. The van der Waals surface area contributed by atoms with E-state index in [0.717, 1.165) is 5.69 Å². The van der Waals surface area contributed by atoms with Gasteiger partial charge in [0.25, 0.3) is 5.91 Å². The summed E-state index contributed by atoms with van der Waals surface area (Å²) in [6, 6.07) is 15.1. The van der Waals surface area contributed by atoms with Gasteiger partial charge >= 0.3 is 0 Å². The molecule has 1 amide bonds. The number of rotatable bonds is 5. The molecule has 3 rings (SSSR count). The largest absolute Gasteiger partial charge is 0.507 e. The third kappa shape index (κ3) is 4.99. The fraction of sp³-hybridized carbons (Fsp3) is 0.0500. The number of hydrazone groups is 1. The van der Waals surface area contributed by atoms with Gasteiger partial charge < -0.3 is 5.11 Å². The fourth-order valence-corrected chi connectivity index (χ4v) is 2.35. The highest BCUT2D eigenvalue weighted by atomic mass is 35.5. The Labute approximate surface area is 166 Å². The maximum absolute atomic E-state index is 12.0. The van der Waals surface area contributed by atoms with E-state index in [9.17, 15) is 9.90 Å². The third-order valence-electron chi connectivity index (χ3n) is 3.68. The first-order chi connectivity index (χ1) is 13.5. The number of phenols is 1. The molecule has 2 aromatic carbocycles. The van der Waals surface area contributed by atoms with E-state index < -0.39 is 5.91 Å². The zero-order valence-electron chi connectivity index (χ0n) is 14.9. The summed E-state index contributed by atoms with van der Waals surface area (Å²) in [6.07, 6.45) is 2.79. The van der Waals surface area contributed by atoms with Gasteiger partial charge in [-0.15, -0.1) is 5.11 Å². The van der Waals surface area contributed by atoms with Crippen molar-refractivity contribution in [3.8, 4) is 5.75 Å². The first-order valence-corrected chi connectivity index (χ1v) is 8.66. The second kappa shape index (κ2) is 8.88. The highest BCUT2D eigenvalue weighted by Crippen LogP contribution is 2.27. The molecule has 0 radical (unpaired) electrons. The van der Waals surface area contributed by atoms with Crippen molar-refractivity contribution in [3.05, 3.63) is 82.6 Å². The van der Waals surface area contributed by atoms with Crippen LogP contribution in [0.2, 0.25) is 5.02 Å². The lowest BCUT2D eigenvalue weighted by atomic mass is 10.2. The molecule has 1 aromatic heterocycles. The smallest absolute Gasteiger partial charge is 0.272 e. The van der Waals surface area contributed by atoms with Gasteiger partial charge in [-0.25, -0.2) is 5.43 Å². The minimum absolute atomic E-state index is 0.00769. The number of nitrogens with zero attached hydrogens (tertiary/aromatic N) is 4. The first-order valence-electron chi connectivity index (χ1n) is 8.28. The van der Waals surface area contributed by atoms with Crippen LogP contribution in [0, 0.1) is 6.92 Å². The molecular formula is C20H16ClN5O2. The Morgan fingerprint density at radius 2 is 1.96 bits per heavy atom. The van der Waals surface area contributed by atoms with E-state index in [1.807, 2.05) is 6.92 Å². The van der Waals surface area contributed by atoms with Crippen molar-refractivity contribution < 1.29 is 9.90 Å². The predicted molar refractivity (Wildman–Crippen MR) is 108 cm³/mol. The SMILES string of the molecule is Cc1ccc(C(=O)N/N=C/c2cc(N=Nc3ccccc3Cl)ccc2O)cn1. The number of azo groups is 1. The Bertz CT molecular complexity index is 1050. The van der Waals surface area contributed by atoms with Crippen LogP contribution >= 0.6 is 11.6 Å². The molecule has 0 aliphatic carbocycles. The van der Waals surface area contributed by atoms with Gasteiger partial charge in [0.1, 0.15) is 11.4 Å². The van der Waals surface area contributed by atoms with Crippen LogP contribution in [-0.2, 0) is 0 Å². The van der Waals surface area contributed by atoms with Crippen molar-refractivity contribution in [2.24, 2.45) is 15.3 Å². The molecule has 0 spiro atoms. The van der Waals surface area contributed by atoms with Crippen LogP contribution in [0.3, 0.4) is 0 Å². The number of carbonyl (C=O) groups excluding carboxylic acids is 1. The van der Waals surface area contributed by atoms with Gasteiger partial charge in [-0.05, 0) is 49.4 Å². The number of nitrogens with one attached hydrogen (secondary N) is 1. The predicted octanol–water partition coefficient (Wildman–Crippen LogP) is 4.93. The minimum atomic E-state index is -0.405. The molecule has 0 saturated carbocycles. The summed E-state index contributed by atoms with van der Waals surface area (Å²) in [4.78, 5) is 16.1. The van der Waals surface area contributed by atoms with Crippen LogP contribution < -0.4 is 5.43 Å². The van der Waals surface area contributed by atoms with E-state index in [2.05, 4.69) is 25.7 Å². The summed E-state index contributed by atoms with van der Waals surface area (Å²) in [6.45, 7) is 1.83. The van der Waals surface area contributed by atoms with Crippen molar-refractivity contribution in [2.45, 2.75) is 6.92 Å². The molecule has 3 aromatic rings. The summed E-state index contributed by atoms with van der Waals surface area (Å²) >= 11 is 6.04. The molecule has 0 atom stereocenters. The van der Waals surface area contributed by atoms with Gasteiger partial charge in [0.2, 0.25) is 0 Å². The summed E-state index contributed by atoms with van der Waals surface area (Å²) in [5, 5.41) is 22.5. The van der Waals surface area contributed by atoms with Crippen LogP contribution in [0.4, 0.5) is 11.4 Å². The minimum Gasteiger partial charge on any atom is -0.507 e. The number of benzene rings is 2. The van der Waals surface area contributed by atoms with E-state index in [4.69, 9.17) is 11.6 Å². The monoisotopic (exact) mass is 393 g/mol.